The molecule has 0 spiro atoms. The van der Waals surface area contributed by atoms with E-state index in [4.69, 9.17) is 11.6 Å². The first-order valence-electron chi connectivity index (χ1n) is 13.4. The first-order chi connectivity index (χ1) is 18.4. The number of benzene rings is 2. The number of hydrogen-bond donors (Lipinski definition) is 3. The molecule has 0 saturated carbocycles. The summed E-state index contributed by atoms with van der Waals surface area (Å²) in [4.78, 5) is 30.5. The van der Waals surface area contributed by atoms with Gasteiger partial charge in [0.05, 0.1) is 12.3 Å². The lowest BCUT2D eigenvalue weighted by atomic mass is 9.97. The molecule has 2 amide bonds. The van der Waals surface area contributed by atoms with Gasteiger partial charge in [-0.25, -0.2) is 4.98 Å². The minimum absolute atomic E-state index is 0.0145. The minimum atomic E-state index is -0.621. The smallest absolute Gasteiger partial charge is 0.251 e. The number of unbranched alkanes of at least 4 members (excludes halogenated alkanes) is 1. The van der Waals surface area contributed by atoms with E-state index >= 15 is 0 Å². The Balaban J connectivity index is 1.65. The molecule has 0 fully saturated rings. The first-order valence-corrected chi connectivity index (χ1v) is 13.8. The van der Waals surface area contributed by atoms with Gasteiger partial charge in [-0.1, -0.05) is 87.7 Å². The van der Waals surface area contributed by atoms with Crippen LogP contribution in [0.15, 0.2) is 54.6 Å². The molecule has 0 radical (unpaired) electrons. The van der Waals surface area contributed by atoms with Crippen molar-refractivity contribution in [1.29, 1.82) is 0 Å². The van der Waals surface area contributed by atoms with E-state index in [9.17, 15) is 14.7 Å². The minimum Gasteiger partial charge on any atom is -0.390 e. The van der Waals surface area contributed by atoms with Crippen molar-refractivity contribution in [3.05, 3.63) is 88.0 Å². The zero-order chi connectivity index (χ0) is 27.5. The van der Waals surface area contributed by atoms with E-state index in [2.05, 4.69) is 22.5 Å². The van der Waals surface area contributed by atoms with Gasteiger partial charge in [0.25, 0.3) is 5.91 Å². The van der Waals surface area contributed by atoms with Crippen LogP contribution in [0.3, 0.4) is 0 Å². The fourth-order valence-electron chi connectivity index (χ4n) is 4.32. The molecule has 0 aliphatic heterocycles. The van der Waals surface area contributed by atoms with E-state index in [1.807, 2.05) is 60.9 Å². The zero-order valence-electron chi connectivity index (χ0n) is 22.5. The van der Waals surface area contributed by atoms with E-state index in [1.54, 1.807) is 12.1 Å². The highest BCUT2D eigenvalue weighted by Gasteiger charge is 2.26. The molecule has 2 aromatic carbocycles. The van der Waals surface area contributed by atoms with E-state index in [-0.39, 0.29) is 24.3 Å². The second-order valence-electron chi connectivity index (χ2n) is 9.67. The van der Waals surface area contributed by atoms with Crippen LogP contribution in [0.1, 0.15) is 73.0 Å². The normalized spacial score (nSPS) is 12.7. The summed E-state index contributed by atoms with van der Waals surface area (Å²) in [6.45, 7) is 6.91. The standard InChI is InChI=1S/C30H39ClN4O3/c1-4-6-12-26-33-28(31)25(20-36)35(26)19-23-13-15-24(16-14-23)29(37)34-27(21(3)5-2)30(38)32-18-17-22-10-8-7-9-11-22/h7-11,13-16,21,27,36H,4-6,12,17-20H2,1-3H3,(H,32,38)(H,34,37)/t21-,27-/m0/s1. The van der Waals surface area contributed by atoms with Gasteiger partial charge in [-0.2, -0.15) is 0 Å². The van der Waals surface area contributed by atoms with Crippen LogP contribution in [0.5, 0.6) is 0 Å². The molecule has 204 valence electrons. The predicted molar refractivity (Wildman–Crippen MR) is 151 cm³/mol. The van der Waals surface area contributed by atoms with Crippen LogP contribution in [0, 0.1) is 5.92 Å². The summed E-state index contributed by atoms with van der Waals surface area (Å²) in [6.07, 6.45) is 4.29. The van der Waals surface area contributed by atoms with E-state index < -0.39 is 6.04 Å². The summed E-state index contributed by atoms with van der Waals surface area (Å²) in [5, 5.41) is 16.1. The number of halogens is 1. The van der Waals surface area contributed by atoms with E-state index in [0.717, 1.165) is 49.1 Å². The molecule has 0 aliphatic rings. The lowest BCUT2D eigenvalue weighted by molar-refractivity contribution is -0.124. The lowest BCUT2D eigenvalue weighted by Gasteiger charge is -2.23. The van der Waals surface area contributed by atoms with Crippen molar-refractivity contribution in [1.82, 2.24) is 20.2 Å². The molecule has 0 saturated heterocycles. The highest BCUT2D eigenvalue weighted by Crippen LogP contribution is 2.21. The van der Waals surface area contributed by atoms with Crippen LogP contribution in [-0.4, -0.2) is 39.1 Å². The van der Waals surface area contributed by atoms with Gasteiger partial charge in [0, 0.05) is 25.1 Å². The van der Waals surface area contributed by atoms with Crippen molar-refractivity contribution in [3.63, 3.8) is 0 Å². The van der Waals surface area contributed by atoms with Crippen molar-refractivity contribution in [2.24, 2.45) is 5.92 Å². The van der Waals surface area contributed by atoms with Crippen molar-refractivity contribution in [2.45, 2.75) is 72.1 Å². The van der Waals surface area contributed by atoms with Crippen LogP contribution < -0.4 is 10.6 Å². The Kier molecular flexibility index (Phi) is 11.4. The molecule has 7 nitrogen and oxygen atoms in total. The maximum Gasteiger partial charge on any atom is 0.251 e. The highest BCUT2D eigenvalue weighted by molar-refractivity contribution is 6.30. The highest BCUT2D eigenvalue weighted by atomic mass is 35.5. The Bertz CT molecular complexity index is 1180. The maximum absolute atomic E-state index is 13.1. The maximum atomic E-state index is 13.1. The van der Waals surface area contributed by atoms with Crippen molar-refractivity contribution in [3.8, 4) is 0 Å². The second kappa shape index (κ2) is 14.7. The average molecular weight is 539 g/mol. The molecule has 0 unspecified atom stereocenters. The van der Waals surface area contributed by atoms with Gasteiger partial charge in [-0.05, 0) is 42.0 Å². The molecule has 3 N–H and O–H groups in total. The van der Waals surface area contributed by atoms with E-state index in [1.165, 1.54) is 0 Å². The molecule has 1 heterocycles. The van der Waals surface area contributed by atoms with Crippen molar-refractivity contribution >= 4 is 23.4 Å². The Hall–Kier alpha value is -3.16. The Morgan fingerprint density at radius 3 is 2.37 bits per heavy atom. The molecule has 8 heteroatoms. The quantitative estimate of drug-likeness (QED) is 0.271. The SMILES string of the molecule is CCCCc1nc(Cl)c(CO)n1Cc1ccc(C(=O)N[C@H](C(=O)NCCc2ccccc2)[C@@H](C)CC)cc1. The largest absolute Gasteiger partial charge is 0.390 e. The number of nitrogens with one attached hydrogen (secondary N) is 2. The zero-order valence-corrected chi connectivity index (χ0v) is 23.3. The number of amides is 2. The number of carbonyl (C=O) groups is 2. The van der Waals surface area contributed by atoms with Crippen LogP contribution in [0.2, 0.25) is 5.15 Å². The molecular weight excluding hydrogens is 500 g/mol. The van der Waals surface area contributed by atoms with Crippen molar-refractivity contribution < 1.29 is 14.7 Å². The molecule has 0 bridgehead atoms. The number of aliphatic hydroxyl groups excluding tert-OH is 1. The Labute approximate surface area is 230 Å². The first kappa shape index (κ1) is 29.4. The van der Waals surface area contributed by atoms with Gasteiger partial charge >= 0.3 is 0 Å². The van der Waals surface area contributed by atoms with Gasteiger partial charge in [0.1, 0.15) is 11.9 Å². The van der Waals surface area contributed by atoms with E-state index in [0.29, 0.717) is 29.5 Å². The summed E-state index contributed by atoms with van der Waals surface area (Å²) in [7, 11) is 0. The fraction of sp³-hybridized carbons (Fsp3) is 0.433. The third-order valence-corrected chi connectivity index (χ3v) is 7.20. The summed E-state index contributed by atoms with van der Waals surface area (Å²) in [6, 6.07) is 16.6. The van der Waals surface area contributed by atoms with Gasteiger partial charge in [0.2, 0.25) is 5.91 Å². The number of aryl methyl sites for hydroxylation is 1. The average Bonchev–Trinajstić information content (AvgIpc) is 3.24. The number of nitrogens with zero attached hydrogens (tertiary/aromatic N) is 2. The predicted octanol–water partition coefficient (Wildman–Crippen LogP) is 4.92. The van der Waals surface area contributed by atoms with Crippen LogP contribution in [0.25, 0.3) is 0 Å². The molecule has 38 heavy (non-hydrogen) atoms. The molecule has 0 aliphatic carbocycles. The number of aliphatic hydroxyl groups is 1. The molecule has 3 rings (SSSR count). The number of hydrogen-bond acceptors (Lipinski definition) is 4. The fourth-order valence-corrected chi connectivity index (χ4v) is 4.58. The van der Waals surface area contributed by atoms with Crippen LogP contribution >= 0.6 is 11.6 Å². The van der Waals surface area contributed by atoms with Gasteiger partial charge in [-0.3, -0.25) is 9.59 Å². The number of rotatable bonds is 14. The molecule has 1 aromatic heterocycles. The molecular formula is C30H39ClN4O3. The summed E-state index contributed by atoms with van der Waals surface area (Å²) in [5.74, 6) is 0.371. The number of imidazole rings is 1. The van der Waals surface area contributed by atoms with Crippen LogP contribution in [-0.2, 0) is 30.8 Å². The van der Waals surface area contributed by atoms with Gasteiger partial charge in [0.15, 0.2) is 5.15 Å². The molecule has 3 aromatic rings. The third kappa shape index (κ3) is 7.92. The van der Waals surface area contributed by atoms with Gasteiger partial charge < -0.3 is 20.3 Å². The third-order valence-electron chi connectivity index (χ3n) is 6.90. The Morgan fingerprint density at radius 2 is 1.74 bits per heavy atom. The number of aromatic nitrogens is 2. The topological polar surface area (TPSA) is 96.2 Å². The molecule has 2 atom stereocenters. The van der Waals surface area contributed by atoms with Gasteiger partial charge in [-0.15, -0.1) is 0 Å². The summed E-state index contributed by atoms with van der Waals surface area (Å²) >= 11 is 6.26. The Morgan fingerprint density at radius 1 is 1.03 bits per heavy atom. The second-order valence-corrected chi connectivity index (χ2v) is 10.0. The lowest BCUT2D eigenvalue weighted by Crippen LogP contribution is -2.50. The van der Waals surface area contributed by atoms with Crippen LogP contribution in [0.4, 0.5) is 0 Å². The monoisotopic (exact) mass is 538 g/mol. The van der Waals surface area contributed by atoms with Crippen molar-refractivity contribution in [2.75, 3.05) is 6.54 Å². The number of carbonyl (C=O) groups excluding carboxylic acids is 2. The summed E-state index contributed by atoms with van der Waals surface area (Å²) in [5.41, 5.74) is 3.18. The summed E-state index contributed by atoms with van der Waals surface area (Å²) < 4.78 is 1.95.